The summed E-state index contributed by atoms with van der Waals surface area (Å²) in [6.45, 7) is 3.58. The Labute approximate surface area is 559 Å². The van der Waals surface area contributed by atoms with Crippen molar-refractivity contribution in [2.24, 2.45) is 5.73 Å². The maximum atomic E-state index is 12.8. The van der Waals surface area contributed by atoms with E-state index in [9.17, 15) is 19.0 Å². The van der Waals surface area contributed by atoms with Gasteiger partial charge in [-0.3, -0.25) is 18.6 Å². The Balaban J connectivity index is 3.95. The largest absolute Gasteiger partial charge is 0.472 e. The first-order valence-corrected chi connectivity index (χ1v) is 38.5. The van der Waals surface area contributed by atoms with Crippen molar-refractivity contribution in [1.82, 2.24) is 0 Å². The maximum Gasteiger partial charge on any atom is 0.472 e. The first kappa shape index (κ1) is 86.6. The van der Waals surface area contributed by atoms with Crippen LogP contribution in [0.1, 0.15) is 309 Å². The molecule has 0 bridgehead atoms. The number of allylic oxidation sites excluding steroid dienone is 26. The van der Waals surface area contributed by atoms with E-state index in [1.54, 1.807) is 0 Å². The molecule has 0 saturated heterocycles. The molecule has 0 amide bonds. The lowest BCUT2D eigenvalue weighted by Crippen LogP contribution is -2.29. The summed E-state index contributed by atoms with van der Waals surface area (Å²) in [5.74, 6) is -0.880. The zero-order valence-electron chi connectivity index (χ0n) is 58.3. The highest BCUT2D eigenvalue weighted by atomic mass is 31.2. The summed E-state index contributed by atoms with van der Waals surface area (Å²) < 4.78 is 33.1. The van der Waals surface area contributed by atoms with Crippen LogP contribution >= 0.6 is 7.82 Å². The van der Waals surface area contributed by atoms with E-state index < -0.39 is 32.5 Å². The number of unbranched alkanes of at least 4 members (excludes halogenated alkanes) is 29. The van der Waals surface area contributed by atoms with E-state index in [-0.39, 0.29) is 32.6 Å². The molecule has 0 radical (unpaired) electrons. The molecule has 0 heterocycles. The molecule has 0 aliphatic carbocycles. The van der Waals surface area contributed by atoms with E-state index in [0.29, 0.717) is 6.42 Å². The van der Waals surface area contributed by atoms with Gasteiger partial charge in [0.1, 0.15) is 6.61 Å². The zero-order chi connectivity index (χ0) is 65.8. The van der Waals surface area contributed by atoms with Crippen LogP contribution in [0.2, 0.25) is 0 Å². The third kappa shape index (κ3) is 74.5. The van der Waals surface area contributed by atoms with Gasteiger partial charge in [-0.1, -0.05) is 326 Å². The Kier molecular flexibility index (Phi) is 71.1. The Morgan fingerprint density at radius 3 is 0.923 bits per heavy atom. The fourth-order valence-electron chi connectivity index (χ4n) is 9.97. The van der Waals surface area contributed by atoms with Crippen LogP contribution in [-0.2, 0) is 32.7 Å². The molecule has 9 nitrogen and oxygen atoms in total. The average molecular weight is 1280 g/mol. The molecule has 3 N–H and O–H groups in total. The number of nitrogens with two attached hydrogens (primary N) is 1. The maximum absolute atomic E-state index is 12.8. The number of ether oxygens (including phenoxy) is 2. The summed E-state index contributed by atoms with van der Waals surface area (Å²) in [4.78, 5) is 35.4. The van der Waals surface area contributed by atoms with E-state index in [4.69, 9.17) is 24.3 Å². The average Bonchev–Trinajstić information content (AvgIpc) is 3.74. The van der Waals surface area contributed by atoms with Gasteiger partial charge in [-0.15, -0.1) is 0 Å². The summed E-state index contributed by atoms with van der Waals surface area (Å²) in [5.41, 5.74) is 5.40. The van der Waals surface area contributed by atoms with Crippen LogP contribution in [0.15, 0.2) is 158 Å². The number of phosphoric acid groups is 1. The van der Waals surface area contributed by atoms with Gasteiger partial charge in [0.2, 0.25) is 0 Å². The van der Waals surface area contributed by atoms with Gasteiger partial charge >= 0.3 is 19.8 Å². The Hall–Kier alpha value is -4.37. The molecular formula is C81H136NO8P. The number of carbonyl (C=O) groups excluding carboxylic acids is 2. The Morgan fingerprint density at radius 1 is 0.341 bits per heavy atom. The van der Waals surface area contributed by atoms with Gasteiger partial charge in [0, 0.05) is 19.4 Å². The minimum Gasteiger partial charge on any atom is -0.462 e. The monoisotopic (exact) mass is 1280 g/mol. The molecule has 0 saturated carbocycles. The second-order valence-electron chi connectivity index (χ2n) is 24.1. The number of esters is 2. The SMILES string of the molecule is CC/C=C\C/C=C\C/C=C\C/C=C\C/C=C\C/C=C\C/C=C\C/C=C\C/C=C\C/C=C\CCCCC(=O)OC(COC(=O)CCCCCCCCCCCCCCCCCCCCCCCC/C=C\C/C=C\C/C=C\CCCCCCC)COP(=O)(O)OCCN. The smallest absolute Gasteiger partial charge is 0.462 e. The third-order valence-electron chi connectivity index (χ3n) is 15.4. The van der Waals surface area contributed by atoms with Crippen molar-refractivity contribution in [3.05, 3.63) is 158 Å². The molecule has 518 valence electrons. The molecule has 0 spiro atoms. The second-order valence-corrected chi connectivity index (χ2v) is 25.5. The van der Waals surface area contributed by atoms with Crippen molar-refractivity contribution < 1.29 is 37.6 Å². The van der Waals surface area contributed by atoms with Crippen molar-refractivity contribution in [1.29, 1.82) is 0 Å². The quantitative estimate of drug-likeness (QED) is 0.0264. The molecule has 2 atom stereocenters. The number of carbonyl (C=O) groups is 2. The number of rotatable bonds is 68. The van der Waals surface area contributed by atoms with Crippen LogP contribution in [0.5, 0.6) is 0 Å². The number of phosphoric ester groups is 1. The first-order valence-electron chi connectivity index (χ1n) is 37.0. The topological polar surface area (TPSA) is 134 Å². The molecule has 10 heteroatoms. The lowest BCUT2D eigenvalue weighted by atomic mass is 10.0. The molecular weight excluding hydrogens is 1150 g/mol. The summed E-state index contributed by atoms with van der Waals surface area (Å²) in [6.07, 6.45) is 109. The third-order valence-corrected chi connectivity index (χ3v) is 16.4. The van der Waals surface area contributed by atoms with E-state index in [2.05, 4.69) is 172 Å². The van der Waals surface area contributed by atoms with Gasteiger partial charge in [0.05, 0.1) is 13.2 Å². The first-order chi connectivity index (χ1) is 44.8. The van der Waals surface area contributed by atoms with Crippen LogP contribution in [0, 0.1) is 0 Å². The molecule has 0 fully saturated rings. The van der Waals surface area contributed by atoms with Gasteiger partial charge in [-0.05, 0) is 128 Å². The Bertz CT molecular complexity index is 2050. The van der Waals surface area contributed by atoms with Crippen LogP contribution in [0.25, 0.3) is 0 Å². The highest BCUT2D eigenvalue weighted by Gasteiger charge is 2.26. The van der Waals surface area contributed by atoms with Crippen molar-refractivity contribution in [2.75, 3.05) is 26.4 Å². The predicted molar refractivity (Wildman–Crippen MR) is 394 cm³/mol. The molecule has 91 heavy (non-hydrogen) atoms. The van der Waals surface area contributed by atoms with Crippen LogP contribution in [0.3, 0.4) is 0 Å². The highest BCUT2D eigenvalue weighted by molar-refractivity contribution is 7.47. The summed E-state index contributed by atoms with van der Waals surface area (Å²) in [7, 11) is -4.42. The summed E-state index contributed by atoms with van der Waals surface area (Å²) in [6, 6.07) is 0. The lowest BCUT2D eigenvalue weighted by molar-refractivity contribution is -0.161. The fraction of sp³-hybridized carbons (Fsp3) is 0.654. The van der Waals surface area contributed by atoms with Gasteiger partial charge in [0.25, 0.3) is 0 Å². The minimum absolute atomic E-state index is 0.0391. The normalized spacial score (nSPS) is 13.8. The Morgan fingerprint density at radius 2 is 0.604 bits per heavy atom. The van der Waals surface area contributed by atoms with Crippen molar-refractivity contribution >= 4 is 19.8 Å². The van der Waals surface area contributed by atoms with Gasteiger partial charge in [-0.25, -0.2) is 4.57 Å². The second kappa shape index (κ2) is 74.7. The molecule has 2 unspecified atom stereocenters. The summed E-state index contributed by atoms with van der Waals surface area (Å²) in [5, 5.41) is 0. The molecule has 0 aromatic carbocycles. The molecule has 0 aliphatic heterocycles. The van der Waals surface area contributed by atoms with E-state index in [0.717, 1.165) is 109 Å². The van der Waals surface area contributed by atoms with Crippen LogP contribution < -0.4 is 5.73 Å². The van der Waals surface area contributed by atoms with Gasteiger partial charge < -0.3 is 20.1 Å². The predicted octanol–water partition coefficient (Wildman–Crippen LogP) is 24.7. The minimum atomic E-state index is -4.42. The van der Waals surface area contributed by atoms with Crippen molar-refractivity contribution in [3.63, 3.8) is 0 Å². The molecule has 0 rings (SSSR count). The fourth-order valence-corrected chi connectivity index (χ4v) is 10.7. The number of hydrogen-bond acceptors (Lipinski definition) is 8. The summed E-state index contributed by atoms with van der Waals surface area (Å²) >= 11 is 0. The standard InChI is InChI=1S/C81H136NO8P/c1-3-5-7-9-11-13-15-17-19-21-23-25-27-29-31-33-35-37-38-39-40-42-43-45-47-49-51-53-55-57-59-61-63-65-67-69-71-73-80(83)87-77-79(78-89-91(85,86)88-76-75-82)90-81(84)74-72-70-68-66-64-62-60-58-56-54-52-50-48-46-44-41-36-34-32-30-28-26-24-22-20-18-16-14-12-10-8-6-4-2/h6,8,12,14-15,17-18,20-21,23-24,26-27,29-30,32,36,41,46,48,52,54,58,60,64,66,79H,3-5,7,9-11,13,16,19,22,25,28,31,33-35,37-40,42-45,47,49-51,53,55-57,59,61-63,65,67-78,82H2,1-2H3,(H,85,86)/b8-6-,14-12-,17-15-,20-18-,23-21-,26-24-,29-27-,32-30-,41-36-,48-46-,54-52-,60-58-,66-64-. The number of hydrogen-bond donors (Lipinski definition) is 2. The van der Waals surface area contributed by atoms with Gasteiger partial charge in [0.15, 0.2) is 6.10 Å². The molecule has 0 aromatic rings. The van der Waals surface area contributed by atoms with E-state index in [1.807, 2.05) is 0 Å². The van der Waals surface area contributed by atoms with E-state index in [1.165, 1.54) is 167 Å². The van der Waals surface area contributed by atoms with Crippen molar-refractivity contribution in [2.45, 2.75) is 315 Å². The molecule has 0 aromatic heterocycles. The molecule has 0 aliphatic rings. The lowest BCUT2D eigenvalue weighted by Gasteiger charge is -2.19. The van der Waals surface area contributed by atoms with E-state index >= 15 is 0 Å². The highest BCUT2D eigenvalue weighted by Crippen LogP contribution is 2.43. The van der Waals surface area contributed by atoms with Crippen LogP contribution in [-0.4, -0.2) is 49.3 Å². The van der Waals surface area contributed by atoms with Crippen LogP contribution in [0.4, 0.5) is 0 Å². The van der Waals surface area contributed by atoms with Crippen molar-refractivity contribution in [3.8, 4) is 0 Å². The zero-order valence-corrected chi connectivity index (χ0v) is 59.2. The van der Waals surface area contributed by atoms with Gasteiger partial charge in [-0.2, -0.15) is 0 Å².